The molecule has 0 aromatic carbocycles. The molecule has 0 saturated carbocycles. The van der Waals surface area contributed by atoms with Gasteiger partial charge in [-0.3, -0.25) is 4.79 Å². The molecular weight excluding hydrogens is 232 g/mol. The standard InChI is InChI=1S/C13H26N2O3/c1-12(2)8-15(9-13(3,4)18-12)11(16)10(14)6-7-17-5/h10H,6-9,14H2,1-5H3. The molecule has 1 aliphatic heterocycles. The van der Waals surface area contributed by atoms with Crippen LogP contribution in [0.1, 0.15) is 34.1 Å². The van der Waals surface area contributed by atoms with Gasteiger partial charge < -0.3 is 20.1 Å². The highest BCUT2D eigenvalue weighted by Gasteiger charge is 2.40. The van der Waals surface area contributed by atoms with E-state index in [1.807, 2.05) is 32.6 Å². The van der Waals surface area contributed by atoms with Crippen LogP contribution < -0.4 is 5.73 Å². The molecule has 1 rings (SSSR count). The Morgan fingerprint density at radius 2 is 1.83 bits per heavy atom. The number of methoxy groups -OCH3 is 1. The van der Waals surface area contributed by atoms with Crippen molar-refractivity contribution in [2.45, 2.75) is 51.4 Å². The molecule has 2 N–H and O–H groups in total. The lowest BCUT2D eigenvalue weighted by atomic mass is 9.98. The van der Waals surface area contributed by atoms with Crippen molar-refractivity contribution < 1.29 is 14.3 Å². The SMILES string of the molecule is COCCC(N)C(=O)N1CC(C)(C)OC(C)(C)C1. The maximum atomic E-state index is 12.3. The van der Waals surface area contributed by atoms with Gasteiger partial charge in [0.15, 0.2) is 0 Å². The highest BCUT2D eigenvalue weighted by molar-refractivity contribution is 5.81. The van der Waals surface area contributed by atoms with E-state index >= 15 is 0 Å². The van der Waals surface area contributed by atoms with Crippen LogP contribution in [0.5, 0.6) is 0 Å². The van der Waals surface area contributed by atoms with E-state index in [9.17, 15) is 4.79 Å². The Hall–Kier alpha value is -0.650. The van der Waals surface area contributed by atoms with Crippen LogP contribution in [0.3, 0.4) is 0 Å². The summed E-state index contributed by atoms with van der Waals surface area (Å²) in [4.78, 5) is 14.1. The Bertz CT molecular complexity index is 287. The van der Waals surface area contributed by atoms with E-state index in [1.54, 1.807) is 7.11 Å². The maximum absolute atomic E-state index is 12.3. The Balaban J connectivity index is 2.67. The molecule has 0 aliphatic carbocycles. The lowest BCUT2D eigenvalue weighted by Crippen LogP contribution is -2.61. The predicted molar refractivity (Wildman–Crippen MR) is 70.3 cm³/mol. The van der Waals surface area contributed by atoms with E-state index in [0.717, 1.165) is 0 Å². The first-order valence-corrected chi connectivity index (χ1v) is 6.40. The third kappa shape index (κ3) is 4.23. The van der Waals surface area contributed by atoms with Crippen LogP contribution in [0.2, 0.25) is 0 Å². The van der Waals surface area contributed by atoms with Gasteiger partial charge in [0.1, 0.15) is 0 Å². The fraction of sp³-hybridized carbons (Fsp3) is 0.923. The lowest BCUT2D eigenvalue weighted by Gasteiger charge is -2.47. The van der Waals surface area contributed by atoms with Gasteiger partial charge in [-0.25, -0.2) is 0 Å². The van der Waals surface area contributed by atoms with Gasteiger partial charge >= 0.3 is 0 Å². The molecule has 1 aliphatic rings. The van der Waals surface area contributed by atoms with Gasteiger partial charge in [-0.15, -0.1) is 0 Å². The third-order valence-electron chi connectivity index (χ3n) is 2.96. The molecule has 1 saturated heterocycles. The number of hydrogen-bond donors (Lipinski definition) is 1. The Labute approximate surface area is 110 Å². The largest absolute Gasteiger partial charge is 0.385 e. The molecule has 0 aromatic rings. The summed E-state index contributed by atoms with van der Waals surface area (Å²) in [5, 5.41) is 0. The van der Waals surface area contributed by atoms with Gasteiger partial charge in [0, 0.05) is 26.8 Å². The summed E-state index contributed by atoms with van der Waals surface area (Å²) in [5.74, 6) is -0.0171. The van der Waals surface area contributed by atoms with Crippen molar-refractivity contribution in [3.63, 3.8) is 0 Å². The van der Waals surface area contributed by atoms with Crippen LogP contribution in [0.4, 0.5) is 0 Å². The number of nitrogens with zero attached hydrogens (tertiary/aromatic N) is 1. The number of carbonyl (C=O) groups is 1. The van der Waals surface area contributed by atoms with Crippen LogP contribution >= 0.6 is 0 Å². The Morgan fingerprint density at radius 1 is 1.33 bits per heavy atom. The molecule has 1 fully saturated rings. The van der Waals surface area contributed by atoms with Crippen molar-refractivity contribution in [1.29, 1.82) is 0 Å². The summed E-state index contributed by atoms with van der Waals surface area (Å²) in [7, 11) is 1.61. The second-order valence-electron chi connectivity index (χ2n) is 6.20. The summed E-state index contributed by atoms with van der Waals surface area (Å²) in [5.41, 5.74) is 5.23. The van der Waals surface area contributed by atoms with Gasteiger partial charge in [-0.05, 0) is 34.1 Å². The summed E-state index contributed by atoms with van der Waals surface area (Å²) < 4.78 is 10.9. The number of rotatable bonds is 4. The van der Waals surface area contributed by atoms with Crippen LogP contribution in [0.15, 0.2) is 0 Å². The van der Waals surface area contributed by atoms with E-state index in [-0.39, 0.29) is 17.1 Å². The maximum Gasteiger partial charge on any atom is 0.239 e. The quantitative estimate of drug-likeness (QED) is 0.809. The topological polar surface area (TPSA) is 64.8 Å². The molecule has 1 heterocycles. The molecule has 1 amide bonds. The van der Waals surface area contributed by atoms with Gasteiger partial charge in [0.25, 0.3) is 0 Å². The molecule has 106 valence electrons. The van der Waals surface area contributed by atoms with Gasteiger partial charge in [0.05, 0.1) is 17.2 Å². The second kappa shape index (κ2) is 5.55. The smallest absolute Gasteiger partial charge is 0.239 e. The molecular formula is C13H26N2O3. The summed E-state index contributed by atoms with van der Waals surface area (Å²) in [6.45, 7) is 9.64. The number of hydrogen-bond acceptors (Lipinski definition) is 4. The first-order chi connectivity index (χ1) is 8.17. The Kier molecular flexibility index (Phi) is 4.75. The fourth-order valence-electron chi connectivity index (χ4n) is 2.55. The summed E-state index contributed by atoms with van der Waals surface area (Å²) in [6.07, 6.45) is 0.549. The normalized spacial score (nSPS) is 23.8. The van der Waals surface area contributed by atoms with E-state index < -0.39 is 6.04 Å². The van der Waals surface area contributed by atoms with Gasteiger partial charge in [0.2, 0.25) is 5.91 Å². The minimum absolute atomic E-state index is 0.0171. The second-order valence-corrected chi connectivity index (χ2v) is 6.20. The molecule has 0 bridgehead atoms. The molecule has 1 unspecified atom stereocenters. The molecule has 0 aromatic heterocycles. The first-order valence-electron chi connectivity index (χ1n) is 6.40. The number of ether oxygens (including phenoxy) is 2. The van der Waals surface area contributed by atoms with Crippen molar-refractivity contribution in [2.24, 2.45) is 5.73 Å². The number of nitrogens with two attached hydrogens (primary N) is 1. The van der Waals surface area contributed by atoms with Gasteiger partial charge in [-0.2, -0.15) is 0 Å². The monoisotopic (exact) mass is 258 g/mol. The van der Waals surface area contributed by atoms with Crippen molar-refractivity contribution in [3.8, 4) is 0 Å². The average Bonchev–Trinajstić information content (AvgIpc) is 2.20. The van der Waals surface area contributed by atoms with Crippen molar-refractivity contribution in [3.05, 3.63) is 0 Å². The fourth-order valence-corrected chi connectivity index (χ4v) is 2.55. The van der Waals surface area contributed by atoms with Crippen molar-refractivity contribution in [2.75, 3.05) is 26.8 Å². The highest BCUT2D eigenvalue weighted by Crippen LogP contribution is 2.28. The molecule has 5 nitrogen and oxygen atoms in total. The van der Waals surface area contributed by atoms with Crippen LogP contribution in [-0.2, 0) is 14.3 Å². The van der Waals surface area contributed by atoms with E-state index in [0.29, 0.717) is 26.1 Å². The highest BCUT2D eigenvalue weighted by atomic mass is 16.5. The number of carbonyl (C=O) groups excluding carboxylic acids is 1. The lowest BCUT2D eigenvalue weighted by molar-refractivity contribution is -0.188. The first kappa shape index (κ1) is 15.4. The zero-order valence-corrected chi connectivity index (χ0v) is 12.2. The summed E-state index contributed by atoms with van der Waals surface area (Å²) >= 11 is 0. The minimum Gasteiger partial charge on any atom is -0.385 e. The van der Waals surface area contributed by atoms with Crippen molar-refractivity contribution in [1.82, 2.24) is 4.90 Å². The molecule has 18 heavy (non-hydrogen) atoms. The Morgan fingerprint density at radius 3 is 2.28 bits per heavy atom. The molecule has 1 atom stereocenters. The number of morpholine rings is 1. The van der Waals surface area contributed by atoms with E-state index in [1.165, 1.54) is 0 Å². The minimum atomic E-state index is -0.491. The zero-order valence-electron chi connectivity index (χ0n) is 12.2. The van der Waals surface area contributed by atoms with Crippen LogP contribution in [-0.4, -0.2) is 54.9 Å². The molecule has 5 heteroatoms. The van der Waals surface area contributed by atoms with E-state index in [2.05, 4.69) is 0 Å². The third-order valence-corrected chi connectivity index (χ3v) is 2.96. The van der Waals surface area contributed by atoms with Crippen molar-refractivity contribution >= 4 is 5.91 Å². The molecule has 0 radical (unpaired) electrons. The number of amides is 1. The molecule has 0 spiro atoms. The van der Waals surface area contributed by atoms with E-state index in [4.69, 9.17) is 15.2 Å². The zero-order chi connectivity index (χ0) is 14.0. The summed E-state index contributed by atoms with van der Waals surface area (Å²) in [6, 6.07) is -0.491. The van der Waals surface area contributed by atoms with Gasteiger partial charge in [-0.1, -0.05) is 0 Å². The predicted octanol–water partition coefficient (Wildman–Crippen LogP) is 0.766. The van der Waals surface area contributed by atoms with Crippen LogP contribution in [0.25, 0.3) is 0 Å². The average molecular weight is 258 g/mol. The van der Waals surface area contributed by atoms with Crippen LogP contribution in [0, 0.1) is 0 Å².